The normalized spacial score (nSPS) is 10.6. The summed E-state index contributed by atoms with van der Waals surface area (Å²) in [4.78, 5) is 23.3. The first kappa shape index (κ1) is 26.5. The van der Waals surface area contributed by atoms with Crippen molar-refractivity contribution in [1.82, 2.24) is 20.8 Å². The van der Waals surface area contributed by atoms with Crippen molar-refractivity contribution in [2.24, 2.45) is 0 Å². The van der Waals surface area contributed by atoms with Crippen LogP contribution in [0.4, 0.5) is 9.59 Å². The van der Waals surface area contributed by atoms with Crippen molar-refractivity contribution in [2.75, 3.05) is 26.2 Å². The van der Waals surface area contributed by atoms with Crippen LogP contribution in [0.1, 0.15) is 90.9 Å². The number of carbonyl (C=O) groups is 2. The van der Waals surface area contributed by atoms with Gasteiger partial charge in [-0.1, -0.05) is 65.2 Å². The lowest BCUT2D eigenvalue weighted by Crippen LogP contribution is -2.38. The van der Waals surface area contributed by atoms with Crippen LogP contribution in [0, 0.1) is 0 Å². The summed E-state index contributed by atoms with van der Waals surface area (Å²) >= 11 is 0. The third kappa shape index (κ3) is 15.5. The molecule has 0 heterocycles. The van der Waals surface area contributed by atoms with Gasteiger partial charge in [-0.15, -0.1) is 0 Å². The number of unbranched alkanes of at least 4 members (excludes halogenated alkanes) is 9. The van der Waals surface area contributed by atoms with E-state index in [1.165, 1.54) is 0 Å². The predicted molar refractivity (Wildman–Crippen MR) is 111 cm³/mol. The second-order valence-corrected chi connectivity index (χ2v) is 7.25. The summed E-state index contributed by atoms with van der Waals surface area (Å²) in [6.07, 6.45) is 11.7. The molecule has 0 bridgehead atoms. The predicted octanol–water partition coefficient (Wildman–Crippen LogP) is 4.51. The number of hydrogen-bond donors (Lipinski definition) is 4. The maximum atomic E-state index is 11.6. The molecule has 0 saturated heterocycles. The lowest BCUT2D eigenvalue weighted by Gasteiger charge is -2.15. The maximum Gasteiger partial charge on any atom is 0.341 e. The molecule has 166 valence electrons. The lowest BCUT2D eigenvalue weighted by molar-refractivity contribution is -0.0440. The first-order chi connectivity index (χ1) is 13.5. The molecule has 28 heavy (non-hydrogen) atoms. The molecule has 0 rings (SSSR count). The van der Waals surface area contributed by atoms with Crippen molar-refractivity contribution in [3.63, 3.8) is 0 Å². The highest BCUT2D eigenvalue weighted by molar-refractivity contribution is 5.73. The SMILES string of the molecule is CCCCCN(O)C(=O)NCCCCCCCCNC(=O)N(O)CCCCC. The van der Waals surface area contributed by atoms with Crippen LogP contribution in [0.2, 0.25) is 0 Å². The molecule has 0 aromatic heterocycles. The molecular formula is C20H42N4O4. The van der Waals surface area contributed by atoms with Crippen LogP contribution >= 0.6 is 0 Å². The first-order valence-corrected chi connectivity index (χ1v) is 11.0. The molecule has 8 nitrogen and oxygen atoms in total. The molecule has 4 amide bonds. The van der Waals surface area contributed by atoms with Gasteiger partial charge in [-0.25, -0.2) is 19.7 Å². The Morgan fingerprint density at radius 1 is 0.607 bits per heavy atom. The Morgan fingerprint density at radius 3 is 1.32 bits per heavy atom. The van der Waals surface area contributed by atoms with Gasteiger partial charge in [0, 0.05) is 13.1 Å². The topological polar surface area (TPSA) is 105 Å². The summed E-state index contributed by atoms with van der Waals surface area (Å²) in [7, 11) is 0. The van der Waals surface area contributed by atoms with E-state index in [1.807, 2.05) is 0 Å². The number of nitrogens with one attached hydrogen (secondary N) is 2. The second kappa shape index (κ2) is 18.8. The van der Waals surface area contributed by atoms with Crippen molar-refractivity contribution < 1.29 is 20.0 Å². The van der Waals surface area contributed by atoms with Gasteiger partial charge in [0.1, 0.15) is 0 Å². The molecule has 0 aromatic carbocycles. The second-order valence-electron chi connectivity index (χ2n) is 7.25. The number of carbonyl (C=O) groups excluding carboxylic acids is 2. The van der Waals surface area contributed by atoms with E-state index < -0.39 is 12.1 Å². The molecule has 0 aliphatic carbocycles. The van der Waals surface area contributed by atoms with E-state index in [-0.39, 0.29) is 0 Å². The van der Waals surface area contributed by atoms with Gasteiger partial charge in [0.25, 0.3) is 0 Å². The molecule has 0 aliphatic rings. The third-order valence-corrected chi connectivity index (χ3v) is 4.57. The number of amides is 4. The van der Waals surface area contributed by atoms with Gasteiger partial charge >= 0.3 is 12.1 Å². The van der Waals surface area contributed by atoms with Crippen molar-refractivity contribution in [2.45, 2.75) is 90.9 Å². The smallest absolute Gasteiger partial charge is 0.336 e. The minimum atomic E-state index is -0.417. The van der Waals surface area contributed by atoms with Gasteiger partial charge in [-0.3, -0.25) is 10.4 Å². The Labute approximate surface area is 170 Å². The maximum absolute atomic E-state index is 11.6. The summed E-state index contributed by atoms with van der Waals surface area (Å²) in [6.45, 7) is 6.06. The number of hydroxylamine groups is 4. The minimum Gasteiger partial charge on any atom is -0.336 e. The quantitative estimate of drug-likeness (QED) is 0.163. The van der Waals surface area contributed by atoms with Gasteiger partial charge < -0.3 is 10.6 Å². The molecular weight excluding hydrogens is 360 g/mol. The Hall–Kier alpha value is -1.54. The molecule has 0 aliphatic heterocycles. The van der Waals surface area contributed by atoms with Crippen LogP contribution in [-0.2, 0) is 0 Å². The molecule has 4 N–H and O–H groups in total. The highest BCUT2D eigenvalue weighted by Gasteiger charge is 2.09. The molecule has 0 unspecified atom stereocenters. The van der Waals surface area contributed by atoms with Gasteiger partial charge in [0.05, 0.1) is 13.1 Å². The number of nitrogens with zero attached hydrogens (tertiary/aromatic N) is 2. The van der Waals surface area contributed by atoms with Crippen LogP contribution in [0.5, 0.6) is 0 Å². The highest BCUT2D eigenvalue weighted by Crippen LogP contribution is 2.05. The average molecular weight is 403 g/mol. The Bertz CT molecular complexity index is 360. The Balaban J connectivity index is 3.43. The standard InChI is InChI=1S/C20H42N4O4/c1-3-5-13-17-23(27)19(25)21-15-11-9-7-8-10-12-16-22-20(26)24(28)18-14-6-4-2/h27-28H,3-18H2,1-2H3,(H,21,25)(H,22,26). The molecule has 0 atom stereocenters. The van der Waals surface area contributed by atoms with Gasteiger partial charge in [-0.05, 0) is 25.7 Å². The summed E-state index contributed by atoms with van der Waals surface area (Å²) < 4.78 is 0. The van der Waals surface area contributed by atoms with Gasteiger partial charge in [0.2, 0.25) is 0 Å². The Kier molecular flexibility index (Phi) is 17.8. The Morgan fingerprint density at radius 2 is 0.964 bits per heavy atom. The van der Waals surface area contributed by atoms with E-state index >= 15 is 0 Å². The summed E-state index contributed by atoms with van der Waals surface area (Å²) in [5, 5.41) is 26.1. The van der Waals surface area contributed by atoms with E-state index in [4.69, 9.17) is 0 Å². The molecule has 0 spiro atoms. The zero-order chi connectivity index (χ0) is 21.0. The fourth-order valence-corrected chi connectivity index (χ4v) is 2.76. The summed E-state index contributed by atoms with van der Waals surface area (Å²) in [5.74, 6) is 0. The fourth-order valence-electron chi connectivity index (χ4n) is 2.76. The van der Waals surface area contributed by atoms with E-state index in [0.29, 0.717) is 26.2 Å². The van der Waals surface area contributed by atoms with Crippen molar-refractivity contribution in [3.05, 3.63) is 0 Å². The zero-order valence-electron chi connectivity index (χ0n) is 17.9. The number of rotatable bonds is 17. The van der Waals surface area contributed by atoms with Crippen LogP contribution < -0.4 is 10.6 Å². The first-order valence-electron chi connectivity index (χ1n) is 11.0. The van der Waals surface area contributed by atoms with Gasteiger partial charge in [0.15, 0.2) is 0 Å². The van der Waals surface area contributed by atoms with Crippen LogP contribution in [0.25, 0.3) is 0 Å². The molecule has 8 heteroatoms. The summed E-state index contributed by atoms with van der Waals surface area (Å²) in [6, 6.07) is -0.834. The minimum absolute atomic E-state index is 0.378. The van der Waals surface area contributed by atoms with Crippen molar-refractivity contribution in [3.8, 4) is 0 Å². The highest BCUT2D eigenvalue weighted by atomic mass is 16.5. The lowest BCUT2D eigenvalue weighted by atomic mass is 10.1. The number of hydrogen-bond acceptors (Lipinski definition) is 4. The van der Waals surface area contributed by atoms with Crippen LogP contribution in [-0.4, -0.2) is 58.8 Å². The van der Waals surface area contributed by atoms with E-state index in [9.17, 15) is 20.0 Å². The molecule has 0 fully saturated rings. The van der Waals surface area contributed by atoms with Gasteiger partial charge in [-0.2, -0.15) is 0 Å². The van der Waals surface area contributed by atoms with E-state index in [0.717, 1.165) is 87.2 Å². The zero-order valence-corrected chi connectivity index (χ0v) is 17.9. The largest absolute Gasteiger partial charge is 0.341 e. The molecule has 0 saturated carbocycles. The van der Waals surface area contributed by atoms with Crippen LogP contribution in [0.3, 0.4) is 0 Å². The summed E-state index contributed by atoms with van der Waals surface area (Å²) in [5.41, 5.74) is 0. The monoisotopic (exact) mass is 402 g/mol. The van der Waals surface area contributed by atoms with Crippen LogP contribution in [0.15, 0.2) is 0 Å². The number of urea groups is 2. The molecule has 0 radical (unpaired) electrons. The van der Waals surface area contributed by atoms with Crippen molar-refractivity contribution in [1.29, 1.82) is 0 Å². The fraction of sp³-hybridized carbons (Fsp3) is 0.900. The average Bonchev–Trinajstić information content (AvgIpc) is 2.69. The van der Waals surface area contributed by atoms with E-state index in [2.05, 4.69) is 24.5 Å². The van der Waals surface area contributed by atoms with Crippen molar-refractivity contribution >= 4 is 12.1 Å². The molecule has 0 aromatic rings. The third-order valence-electron chi connectivity index (χ3n) is 4.57. The van der Waals surface area contributed by atoms with E-state index in [1.54, 1.807) is 0 Å².